The van der Waals surface area contributed by atoms with E-state index in [1.807, 2.05) is 26.0 Å². The normalized spacial score (nSPS) is 13.1. The zero-order valence-corrected chi connectivity index (χ0v) is 17.7. The minimum atomic E-state index is -1.07. The summed E-state index contributed by atoms with van der Waals surface area (Å²) < 4.78 is 12.9. The Morgan fingerprint density at radius 3 is 2.70 bits per heavy atom. The van der Waals surface area contributed by atoms with Crippen molar-refractivity contribution in [3.8, 4) is 11.5 Å². The Bertz CT molecular complexity index is 1400. The van der Waals surface area contributed by atoms with Gasteiger partial charge in [-0.1, -0.05) is 23.5 Å². The lowest BCUT2D eigenvalue weighted by atomic mass is 10.1. The molecule has 2 heterocycles. The highest BCUT2D eigenvalue weighted by Crippen LogP contribution is 2.29. The van der Waals surface area contributed by atoms with Crippen LogP contribution in [0.3, 0.4) is 0 Å². The monoisotopic (exact) mass is 424 g/mol. The SMILES string of the molecule is COc1cc(/C=c2/sc3nc4c(C)c(C)ccc4n3c2=O)ccc1O[C@H](C)C(=O)O. The molecule has 0 amide bonds. The molecule has 1 atom stereocenters. The molecule has 0 saturated heterocycles. The van der Waals surface area contributed by atoms with Crippen molar-refractivity contribution in [2.45, 2.75) is 26.9 Å². The van der Waals surface area contributed by atoms with Gasteiger partial charge in [-0.3, -0.25) is 4.79 Å². The quantitative estimate of drug-likeness (QED) is 0.530. The maximum Gasteiger partial charge on any atom is 0.344 e. The zero-order chi connectivity index (χ0) is 21.6. The molecule has 0 bridgehead atoms. The van der Waals surface area contributed by atoms with Gasteiger partial charge in [0.2, 0.25) is 0 Å². The number of methoxy groups -OCH3 is 1. The van der Waals surface area contributed by atoms with Crippen LogP contribution in [0, 0.1) is 13.8 Å². The summed E-state index contributed by atoms with van der Waals surface area (Å²) in [7, 11) is 1.48. The van der Waals surface area contributed by atoms with Crippen molar-refractivity contribution in [3.63, 3.8) is 0 Å². The Labute approximate surface area is 175 Å². The topological polar surface area (TPSA) is 90.1 Å². The van der Waals surface area contributed by atoms with Gasteiger partial charge in [-0.15, -0.1) is 0 Å². The van der Waals surface area contributed by atoms with E-state index in [-0.39, 0.29) is 5.56 Å². The van der Waals surface area contributed by atoms with E-state index in [0.717, 1.165) is 27.7 Å². The van der Waals surface area contributed by atoms with Crippen molar-refractivity contribution in [2.24, 2.45) is 0 Å². The van der Waals surface area contributed by atoms with Gasteiger partial charge in [0.1, 0.15) is 0 Å². The molecule has 2 aromatic heterocycles. The number of thiazole rings is 1. The van der Waals surface area contributed by atoms with Crippen LogP contribution >= 0.6 is 11.3 Å². The fraction of sp³-hybridized carbons (Fsp3) is 0.227. The van der Waals surface area contributed by atoms with Crippen LogP contribution in [0.4, 0.5) is 0 Å². The second-order valence-corrected chi connectivity index (χ2v) is 8.04. The van der Waals surface area contributed by atoms with Crippen molar-refractivity contribution in [2.75, 3.05) is 7.11 Å². The molecule has 4 aromatic rings. The number of rotatable bonds is 5. The molecule has 2 aromatic carbocycles. The van der Waals surface area contributed by atoms with Crippen molar-refractivity contribution >= 4 is 39.4 Å². The van der Waals surface area contributed by atoms with Crippen LogP contribution in [0.15, 0.2) is 35.1 Å². The lowest BCUT2D eigenvalue weighted by molar-refractivity contribution is -0.144. The van der Waals surface area contributed by atoms with Gasteiger partial charge in [0.15, 0.2) is 22.6 Å². The standard InChI is InChI=1S/C22H20N2O5S/c1-11-5-7-15-19(12(11)2)23-22-24(15)20(25)18(30-22)10-14-6-8-16(17(9-14)28-4)29-13(3)21(26)27/h5-10,13H,1-4H3,(H,26,27)/b18-10+/t13-/m1/s1. The fourth-order valence-corrected chi connectivity index (χ4v) is 4.21. The number of nitrogens with zero attached hydrogens (tertiary/aromatic N) is 2. The predicted molar refractivity (Wildman–Crippen MR) is 116 cm³/mol. The third-order valence-corrected chi connectivity index (χ3v) is 6.04. The van der Waals surface area contributed by atoms with E-state index in [1.54, 1.807) is 28.7 Å². The van der Waals surface area contributed by atoms with Crippen LogP contribution in [0.5, 0.6) is 11.5 Å². The summed E-state index contributed by atoms with van der Waals surface area (Å²) in [6.07, 6.45) is 0.758. The second-order valence-electron chi connectivity index (χ2n) is 7.03. The Balaban J connectivity index is 1.80. The van der Waals surface area contributed by atoms with E-state index in [1.165, 1.54) is 25.4 Å². The highest BCUT2D eigenvalue weighted by molar-refractivity contribution is 7.15. The summed E-state index contributed by atoms with van der Waals surface area (Å²) in [6.45, 7) is 5.48. The molecule has 30 heavy (non-hydrogen) atoms. The molecule has 0 aliphatic rings. The summed E-state index contributed by atoms with van der Waals surface area (Å²) in [5.74, 6) is -0.352. The van der Waals surface area contributed by atoms with Gasteiger partial charge in [0.05, 0.1) is 22.7 Å². The number of hydrogen-bond donors (Lipinski definition) is 1. The first kappa shape index (κ1) is 19.9. The molecule has 0 spiro atoms. The lowest BCUT2D eigenvalue weighted by Crippen LogP contribution is -2.23. The number of carbonyl (C=O) groups is 1. The summed E-state index contributed by atoms with van der Waals surface area (Å²) in [5.41, 5.74) is 4.47. The number of aliphatic carboxylic acids is 1. The molecular formula is C22H20N2O5S. The van der Waals surface area contributed by atoms with Gasteiger partial charge in [-0.05, 0) is 61.7 Å². The minimum absolute atomic E-state index is 0.125. The molecule has 154 valence electrons. The zero-order valence-electron chi connectivity index (χ0n) is 16.9. The molecule has 0 saturated carbocycles. The number of fused-ring (bicyclic) bond motifs is 3. The Hall–Kier alpha value is -3.39. The third-order valence-electron chi connectivity index (χ3n) is 5.07. The number of carboxylic acid groups (broad SMARTS) is 1. The second kappa shape index (κ2) is 7.46. The van der Waals surface area contributed by atoms with E-state index >= 15 is 0 Å². The summed E-state index contributed by atoms with van der Waals surface area (Å²) in [4.78, 5) is 29.4. The van der Waals surface area contributed by atoms with Crippen LogP contribution in [-0.4, -0.2) is 33.7 Å². The van der Waals surface area contributed by atoms with Gasteiger partial charge >= 0.3 is 5.97 Å². The highest BCUT2D eigenvalue weighted by atomic mass is 32.1. The number of imidazole rings is 1. The average molecular weight is 424 g/mol. The molecule has 1 N–H and O–H groups in total. The highest BCUT2D eigenvalue weighted by Gasteiger charge is 2.16. The number of ether oxygens (including phenoxy) is 2. The number of hydrogen-bond acceptors (Lipinski definition) is 6. The van der Waals surface area contributed by atoms with E-state index in [2.05, 4.69) is 4.98 Å². The number of aromatic nitrogens is 2. The molecule has 0 aliphatic heterocycles. The number of benzene rings is 2. The molecule has 0 unspecified atom stereocenters. The van der Waals surface area contributed by atoms with E-state index in [0.29, 0.717) is 21.0 Å². The lowest BCUT2D eigenvalue weighted by Gasteiger charge is -2.14. The van der Waals surface area contributed by atoms with Crippen LogP contribution in [0.1, 0.15) is 23.6 Å². The van der Waals surface area contributed by atoms with E-state index < -0.39 is 12.1 Å². The molecule has 8 heteroatoms. The maximum atomic E-state index is 13.0. The van der Waals surface area contributed by atoms with E-state index in [4.69, 9.17) is 14.6 Å². The van der Waals surface area contributed by atoms with Gasteiger partial charge in [0, 0.05) is 0 Å². The molecular weight excluding hydrogens is 404 g/mol. The Morgan fingerprint density at radius 1 is 1.23 bits per heavy atom. The summed E-state index contributed by atoms with van der Waals surface area (Å²) in [5, 5.41) is 9.03. The smallest absolute Gasteiger partial charge is 0.344 e. The largest absolute Gasteiger partial charge is 0.493 e. The summed E-state index contributed by atoms with van der Waals surface area (Å²) >= 11 is 1.33. The van der Waals surface area contributed by atoms with Crippen LogP contribution < -0.4 is 19.6 Å². The molecule has 0 aliphatic carbocycles. The number of aryl methyl sites for hydroxylation is 2. The fourth-order valence-electron chi connectivity index (χ4n) is 3.23. The van der Waals surface area contributed by atoms with Gasteiger partial charge in [-0.2, -0.15) is 0 Å². The van der Waals surface area contributed by atoms with Crippen LogP contribution in [0.2, 0.25) is 0 Å². The van der Waals surface area contributed by atoms with Crippen molar-refractivity contribution in [3.05, 3.63) is 61.9 Å². The van der Waals surface area contributed by atoms with Gasteiger partial charge in [0.25, 0.3) is 5.56 Å². The van der Waals surface area contributed by atoms with Crippen molar-refractivity contribution in [1.29, 1.82) is 0 Å². The average Bonchev–Trinajstić information content (AvgIpc) is 3.23. The first-order chi connectivity index (χ1) is 14.3. The van der Waals surface area contributed by atoms with Crippen molar-refractivity contribution in [1.82, 2.24) is 9.38 Å². The van der Waals surface area contributed by atoms with Gasteiger partial charge in [-0.25, -0.2) is 14.2 Å². The first-order valence-electron chi connectivity index (χ1n) is 9.30. The van der Waals surface area contributed by atoms with Crippen LogP contribution in [0.25, 0.3) is 22.1 Å². The molecule has 7 nitrogen and oxygen atoms in total. The molecule has 4 rings (SSSR count). The Kier molecular flexibility index (Phi) is 4.95. The minimum Gasteiger partial charge on any atom is -0.493 e. The van der Waals surface area contributed by atoms with Crippen LogP contribution in [-0.2, 0) is 4.79 Å². The molecule has 0 fully saturated rings. The van der Waals surface area contributed by atoms with Gasteiger partial charge < -0.3 is 14.6 Å². The summed E-state index contributed by atoms with van der Waals surface area (Å²) in [6, 6.07) is 9.01. The predicted octanol–water partition coefficient (Wildman–Crippen LogP) is 2.93. The van der Waals surface area contributed by atoms with E-state index in [9.17, 15) is 9.59 Å². The maximum absolute atomic E-state index is 13.0. The number of carboxylic acids is 1. The Morgan fingerprint density at radius 2 is 2.00 bits per heavy atom. The molecule has 0 radical (unpaired) electrons. The van der Waals surface area contributed by atoms with Crippen molar-refractivity contribution < 1.29 is 19.4 Å². The third kappa shape index (κ3) is 3.29. The first-order valence-corrected chi connectivity index (χ1v) is 10.1.